The molecule has 1 heterocycles. The van der Waals surface area contributed by atoms with E-state index in [2.05, 4.69) is 10.2 Å². The zero-order valence-electron chi connectivity index (χ0n) is 11.8. The van der Waals surface area contributed by atoms with Gasteiger partial charge in [-0.2, -0.15) is 0 Å². The Bertz CT molecular complexity index is 662. The number of hydrogen-bond acceptors (Lipinski definition) is 5. The van der Waals surface area contributed by atoms with Crippen LogP contribution in [0.5, 0.6) is 17.4 Å². The highest BCUT2D eigenvalue weighted by atomic mass is 35.5. The summed E-state index contributed by atoms with van der Waals surface area (Å²) in [4.78, 5) is 12.9. The van der Waals surface area contributed by atoms with Crippen molar-refractivity contribution in [3.05, 3.63) is 41.0 Å². The fraction of sp³-hybridized carbons (Fsp3) is 0.214. The molecule has 0 bridgehead atoms. The highest BCUT2D eigenvalue weighted by Crippen LogP contribution is 2.32. The molecule has 0 spiro atoms. The van der Waals surface area contributed by atoms with Crippen molar-refractivity contribution in [2.45, 2.75) is 6.92 Å². The maximum atomic E-state index is 11.7. The molecule has 1 amide bonds. The van der Waals surface area contributed by atoms with Crippen LogP contribution in [0.1, 0.15) is 5.56 Å². The Hall–Kier alpha value is -2.34. The number of ether oxygens (including phenoxy) is 2. The van der Waals surface area contributed by atoms with E-state index in [0.29, 0.717) is 5.75 Å². The lowest BCUT2D eigenvalue weighted by molar-refractivity contribution is 0.170. The lowest BCUT2D eigenvalue weighted by atomic mass is 10.2. The third-order valence-electron chi connectivity index (χ3n) is 2.56. The summed E-state index contributed by atoms with van der Waals surface area (Å²) < 4.78 is 10.8. The van der Waals surface area contributed by atoms with E-state index in [1.165, 1.54) is 11.0 Å². The largest absolute Gasteiger partial charge is 0.435 e. The average Bonchev–Trinajstić information content (AvgIpc) is 2.44. The molecule has 0 aliphatic carbocycles. The number of benzene rings is 1. The van der Waals surface area contributed by atoms with E-state index >= 15 is 0 Å². The first-order valence-electron chi connectivity index (χ1n) is 6.13. The monoisotopic (exact) mass is 307 g/mol. The van der Waals surface area contributed by atoms with E-state index in [-0.39, 0.29) is 16.8 Å². The molecule has 6 nitrogen and oxygen atoms in total. The molecule has 1 aromatic carbocycles. The molecule has 0 aliphatic rings. The molecule has 0 fully saturated rings. The second kappa shape index (κ2) is 6.41. The van der Waals surface area contributed by atoms with Crippen LogP contribution in [0.15, 0.2) is 30.3 Å². The van der Waals surface area contributed by atoms with E-state index < -0.39 is 6.09 Å². The fourth-order valence-corrected chi connectivity index (χ4v) is 1.58. The topological polar surface area (TPSA) is 64.6 Å². The maximum absolute atomic E-state index is 11.7. The van der Waals surface area contributed by atoms with Crippen LogP contribution in [0.4, 0.5) is 4.79 Å². The van der Waals surface area contributed by atoms with Gasteiger partial charge in [-0.15, -0.1) is 10.2 Å². The van der Waals surface area contributed by atoms with Crippen molar-refractivity contribution in [2.75, 3.05) is 14.1 Å². The van der Waals surface area contributed by atoms with Gasteiger partial charge in [0.05, 0.1) is 0 Å². The van der Waals surface area contributed by atoms with E-state index in [9.17, 15) is 4.79 Å². The van der Waals surface area contributed by atoms with Gasteiger partial charge in [0.1, 0.15) is 5.75 Å². The third-order valence-corrected chi connectivity index (χ3v) is 2.74. The van der Waals surface area contributed by atoms with Crippen molar-refractivity contribution in [1.82, 2.24) is 15.1 Å². The molecule has 21 heavy (non-hydrogen) atoms. The quantitative estimate of drug-likeness (QED) is 0.870. The molecule has 0 saturated heterocycles. The van der Waals surface area contributed by atoms with Crippen molar-refractivity contribution in [3.8, 4) is 17.4 Å². The Morgan fingerprint density at radius 2 is 1.90 bits per heavy atom. The maximum Gasteiger partial charge on any atom is 0.414 e. The van der Waals surface area contributed by atoms with Crippen LogP contribution in [0.3, 0.4) is 0 Å². The van der Waals surface area contributed by atoms with E-state index in [0.717, 1.165) is 5.56 Å². The summed E-state index contributed by atoms with van der Waals surface area (Å²) in [6.07, 6.45) is -0.561. The van der Waals surface area contributed by atoms with E-state index in [4.69, 9.17) is 21.1 Å². The first-order valence-corrected chi connectivity index (χ1v) is 6.51. The Balaban J connectivity index is 2.31. The van der Waals surface area contributed by atoms with Gasteiger partial charge in [-0.05, 0) is 18.6 Å². The van der Waals surface area contributed by atoms with Gasteiger partial charge >= 0.3 is 6.09 Å². The minimum absolute atomic E-state index is 0.0731. The number of para-hydroxylation sites is 1. The summed E-state index contributed by atoms with van der Waals surface area (Å²) in [5.74, 6) is 0.775. The Labute approximate surface area is 127 Å². The Morgan fingerprint density at radius 1 is 1.19 bits per heavy atom. The molecular formula is C14H14ClN3O3. The smallest absolute Gasteiger partial charge is 0.414 e. The Morgan fingerprint density at radius 3 is 2.57 bits per heavy atom. The molecule has 7 heteroatoms. The summed E-state index contributed by atoms with van der Waals surface area (Å²) in [6.45, 7) is 1.89. The SMILES string of the molecule is Cc1ccccc1Oc1nnc(Cl)cc1OC(=O)N(C)C. The Kier molecular flexibility index (Phi) is 4.59. The van der Waals surface area contributed by atoms with Gasteiger partial charge in [0.15, 0.2) is 10.9 Å². The highest BCUT2D eigenvalue weighted by molar-refractivity contribution is 6.29. The predicted molar refractivity (Wildman–Crippen MR) is 78.0 cm³/mol. The van der Waals surface area contributed by atoms with Crippen LogP contribution in [0, 0.1) is 6.92 Å². The number of nitrogens with zero attached hydrogens (tertiary/aromatic N) is 3. The third kappa shape index (κ3) is 3.82. The summed E-state index contributed by atoms with van der Waals surface area (Å²) in [7, 11) is 3.14. The number of carbonyl (C=O) groups is 1. The van der Waals surface area contributed by atoms with Gasteiger partial charge in [-0.25, -0.2) is 4.79 Å². The van der Waals surface area contributed by atoms with Gasteiger partial charge in [0.25, 0.3) is 5.88 Å². The molecule has 110 valence electrons. The normalized spacial score (nSPS) is 10.1. The van der Waals surface area contributed by atoms with Gasteiger partial charge in [0.2, 0.25) is 0 Å². The fourth-order valence-electron chi connectivity index (χ4n) is 1.45. The number of aromatic nitrogens is 2. The summed E-state index contributed by atoms with van der Waals surface area (Å²) in [6, 6.07) is 8.77. The zero-order chi connectivity index (χ0) is 15.4. The molecule has 0 aliphatic heterocycles. The van der Waals surface area contributed by atoms with Crippen LogP contribution in [0.2, 0.25) is 5.15 Å². The zero-order valence-corrected chi connectivity index (χ0v) is 12.6. The van der Waals surface area contributed by atoms with Gasteiger partial charge in [0, 0.05) is 20.2 Å². The van der Waals surface area contributed by atoms with Crippen LogP contribution in [0.25, 0.3) is 0 Å². The molecule has 2 aromatic rings. The molecule has 0 N–H and O–H groups in total. The second-order valence-electron chi connectivity index (χ2n) is 4.47. The molecule has 1 aromatic heterocycles. The molecule has 0 saturated carbocycles. The van der Waals surface area contributed by atoms with Crippen molar-refractivity contribution in [1.29, 1.82) is 0 Å². The van der Waals surface area contributed by atoms with Gasteiger partial charge in [-0.3, -0.25) is 0 Å². The van der Waals surface area contributed by atoms with Crippen molar-refractivity contribution in [3.63, 3.8) is 0 Å². The summed E-state index contributed by atoms with van der Waals surface area (Å²) >= 11 is 5.78. The number of carbonyl (C=O) groups excluding carboxylic acids is 1. The molecule has 2 rings (SSSR count). The molecular weight excluding hydrogens is 294 g/mol. The van der Waals surface area contributed by atoms with Crippen LogP contribution < -0.4 is 9.47 Å². The lowest BCUT2D eigenvalue weighted by Gasteiger charge is -2.13. The van der Waals surface area contributed by atoms with E-state index in [1.54, 1.807) is 20.2 Å². The van der Waals surface area contributed by atoms with Gasteiger partial charge < -0.3 is 14.4 Å². The van der Waals surface area contributed by atoms with Crippen molar-refractivity contribution < 1.29 is 14.3 Å². The number of aryl methyl sites for hydroxylation is 1. The summed E-state index contributed by atoms with van der Waals surface area (Å²) in [5.41, 5.74) is 0.916. The van der Waals surface area contributed by atoms with Crippen LogP contribution >= 0.6 is 11.6 Å². The number of rotatable bonds is 3. The number of amides is 1. The second-order valence-corrected chi connectivity index (χ2v) is 4.85. The van der Waals surface area contributed by atoms with Crippen LogP contribution in [-0.2, 0) is 0 Å². The predicted octanol–water partition coefficient (Wildman–Crippen LogP) is 3.29. The van der Waals surface area contributed by atoms with E-state index in [1.807, 2.05) is 25.1 Å². The minimum Gasteiger partial charge on any atom is -0.435 e. The van der Waals surface area contributed by atoms with Crippen LogP contribution in [-0.4, -0.2) is 35.3 Å². The summed E-state index contributed by atoms with van der Waals surface area (Å²) in [5, 5.41) is 7.64. The standard InChI is InChI=1S/C14H14ClN3O3/c1-9-6-4-5-7-10(9)20-13-11(8-12(15)16-17-13)21-14(19)18(2)3/h4-8H,1-3H3. The number of hydrogen-bond donors (Lipinski definition) is 0. The molecule has 0 unspecified atom stereocenters. The first kappa shape index (κ1) is 15.1. The first-order chi connectivity index (χ1) is 9.97. The molecule has 0 atom stereocenters. The molecule has 0 radical (unpaired) electrons. The lowest BCUT2D eigenvalue weighted by Crippen LogP contribution is -2.25. The average molecular weight is 308 g/mol. The number of halogens is 1. The van der Waals surface area contributed by atoms with Crippen molar-refractivity contribution in [2.24, 2.45) is 0 Å². The van der Waals surface area contributed by atoms with Gasteiger partial charge in [-0.1, -0.05) is 29.8 Å². The minimum atomic E-state index is -0.561. The van der Waals surface area contributed by atoms with Crippen molar-refractivity contribution >= 4 is 17.7 Å². The highest BCUT2D eigenvalue weighted by Gasteiger charge is 2.16.